The van der Waals surface area contributed by atoms with Crippen LogP contribution in [0.5, 0.6) is 0 Å². The second-order valence-corrected chi connectivity index (χ2v) is 4.03. The Labute approximate surface area is 103 Å². The Balaban J connectivity index is 2.45. The van der Waals surface area contributed by atoms with Gasteiger partial charge in [0.05, 0.1) is 10.6 Å². The highest BCUT2D eigenvalue weighted by Gasteiger charge is 2.31. The first-order valence-corrected chi connectivity index (χ1v) is 5.23. The van der Waals surface area contributed by atoms with Crippen molar-refractivity contribution in [3.63, 3.8) is 0 Å². The Kier molecular flexibility index (Phi) is 2.70. The van der Waals surface area contributed by atoms with E-state index >= 15 is 0 Å². The van der Waals surface area contributed by atoms with Gasteiger partial charge in [-0.1, -0.05) is 0 Å². The number of aryl methyl sites for hydroxylation is 1. The molecule has 0 atom stereocenters. The lowest BCUT2D eigenvalue weighted by molar-refractivity contribution is -0.384. The lowest BCUT2D eigenvalue weighted by Crippen LogP contribution is -2.31. The Bertz CT molecular complexity index is 604. The largest absolute Gasteiger partial charge is 0.269 e. The van der Waals surface area contributed by atoms with Crippen molar-refractivity contribution in [2.75, 3.05) is 4.90 Å². The number of hydrogen-bond donors (Lipinski definition) is 0. The van der Waals surface area contributed by atoms with Gasteiger partial charge in [-0.25, -0.2) is 4.90 Å². The van der Waals surface area contributed by atoms with Crippen molar-refractivity contribution < 1.29 is 14.5 Å². The maximum Gasteiger partial charge on any atom is 0.269 e. The van der Waals surface area contributed by atoms with E-state index in [9.17, 15) is 19.7 Å². The summed E-state index contributed by atoms with van der Waals surface area (Å²) in [5.74, 6) is -0.814. The predicted octanol–water partition coefficient (Wildman–Crippen LogP) is 1.72. The molecule has 0 saturated heterocycles. The fraction of sp³-hybridized carbons (Fsp3) is 0.167. The van der Waals surface area contributed by atoms with E-state index < -0.39 is 16.7 Å². The molecular formula is C12H10N2O4. The molecule has 0 N–H and O–H groups in total. The van der Waals surface area contributed by atoms with Crippen molar-refractivity contribution in [1.29, 1.82) is 0 Å². The minimum absolute atomic E-state index is 0.0694. The highest BCUT2D eigenvalue weighted by molar-refractivity contribution is 6.30. The summed E-state index contributed by atoms with van der Waals surface area (Å²) in [6, 6.07) is 4.02. The van der Waals surface area contributed by atoms with E-state index in [1.165, 1.54) is 24.3 Å². The number of hydrogen-bond acceptors (Lipinski definition) is 4. The second-order valence-electron chi connectivity index (χ2n) is 4.03. The summed E-state index contributed by atoms with van der Waals surface area (Å²) in [5.41, 5.74) is 1.18. The van der Waals surface area contributed by atoms with E-state index in [0.717, 1.165) is 4.90 Å². The van der Waals surface area contributed by atoms with Crippen LogP contribution in [-0.2, 0) is 9.59 Å². The van der Waals surface area contributed by atoms with Gasteiger partial charge in [-0.3, -0.25) is 19.7 Å². The van der Waals surface area contributed by atoms with E-state index in [1.54, 1.807) is 13.8 Å². The third kappa shape index (κ3) is 1.77. The van der Waals surface area contributed by atoms with Crippen LogP contribution in [0.2, 0.25) is 0 Å². The van der Waals surface area contributed by atoms with Gasteiger partial charge in [-0.05, 0) is 25.5 Å². The number of carbonyl (C=O) groups is 2. The number of benzene rings is 1. The van der Waals surface area contributed by atoms with Crippen molar-refractivity contribution in [3.8, 4) is 0 Å². The molecule has 92 valence electrons. The van der Waals surface area contributed by atoms with Crippen LogP contribution >= 0.6 is 0 Å². The molecule has 18 heavy (non-hydrogen) atoms. The maximum absolute atomic E-state index is 11.8. The molecule has 0 aromatic heterocycles. The molecule has 1 aliphatic heterocycles. The van der Waals surface area contributed by atoms with E-state index in [1.807, 2.05) is 0 Å². The highest BCUT2D eigenvalue weighted by Crippen LogP contribution is 2.28. The van der Waals surface area contributed by atoms with Gasteiger partial charge in [-0.2, -0.15) is 0 Å². The van der Waals surface area contributed by atoms with Crippen LogP contribution in [0.4, 0.5) is 11.4 Å². The third-order valence-corrected chi connectivity index (χ3v) is 2.73. The van der Waals surface area contributed by atoms with Crippen LogP contribution in [0.25, 0.3) is 0 Å². The van der Waals surface area contributed by atoms with Gasteiger partial charge in [0.2, 0.25) is 0 Å². The van der Waals surface area contributed by atoms with Gasteiger partial charge >= 0.3 is 0 Å². The summed E-state index contributed by atoms with van der Waals surface area (Å²) < 4.78 is 0. The van der Waals surface area contributed by atoms with E-state index in [2.05, 4.69) is 0 Å². The third-order valence-electron chi connectivity index (χ3n) is 2.73. The molecule has 0 bridgehead atoms. The van der Waals surface area contributed by atoms with Crippen molar-refractivity contribution in [1.82, 2.24) is 0 Å². The number of imide groups is 1. The van der Waals surface area contributed by atoms with E-state index in [-0.39, 0.29) is 5.69 Å². The zero-order valence-electron chi connectivity index (χ0n) is 9.84. The first-order chi connectivity index (χ1) is 8.41. The number of rotatable bonds is 2. The SMILES string of the molecule is CC1=CC(=O)N(c2ccc([N+](=O)[O-])cc2C)C1=O. The van der Waals surface area contributed by atoms with Crippen molar-refractivity contribution >= 4 is 23.2 Å². The minimum atomic E-state index is -0.520. The van der Waals surface area contributed by atoms with Crippen molar-refractivity contribution in [2.24, 2.45) is 0 Å². The molecule has 0 unspecified atom stereocenters. The Morgan fingerprint density at radius 1 is 1.22 bits per heavy atom. The standard InChI is InChI=1S/C12H10N2O4/c1-7-5-9(14(17)18)3-4-10(7)13-11(15)6-8(2)12(13)16/h3-6H,1-2H3. The summed E-state index contributed by atoms with van der Waals surface area (Å²) in [5, 5.41) is 10.6. The number of nitro groups is 1. The Hall–Kier alpha value is -2.50. The number of non-ortho nitro benzene ring substituents is 1. The van der Waals surface area contributed by atoms with Crippen LogP contribution < -0.4 is 4.90 Å². The molecule has 2 rings (SSSR count). The maximum atomic E-state index is 11.8. The molecule has 0 saturated carbocycles. The monoisotopic (exact) mass is 246 g/mol. The average Bonchev–Trinajstić information content (AvgIpc) is 2.54. The van der Waals surface area contributed by atoms with Gasteiger partial charge in [0.15, 0.2) is 0 Å². The predicted molar refractivity (Wildman–Crippen MR) is 64.1 cm³/mol. The van der Waals surface area contributed by atoms with Crippen LogP contribution in [-0.4, -0.2) is 16.7 Å². The van der Waals surface area contributed by atoms with Crippen LogP contribution in [0.15, 0.2) is 29.8 Å². The van der Waals surface area contributed by atoms with Gasteiger partial charge in [0.1, 0.15) is 0 Å². The minimum Gasteiger partial charge on any atom is -0.269 e. The van der Waals surface area contributed by atoms with Crippen molar-refractivity contribution in [2.45, 2.75) is 13.8 Å². The molecule has 1 aliphatic rings. The fourth-order valence-corrected chi connectivity index (χ4v) is 1.82. The zero-order valence-corrected chi connectivity index (χ0v) is 9.84. The number of nitro benzene ring substituents is 1. The first-order valence-electron chi connectivity index (χ1n) is 5.23. The molecule has 0 aliphatic carbocycles. The molecule has 0 fully saturated rings. The number of nitrogens with zero attached hydrogens (tertiary/aromatic N) is 2. The fourth-order valence-electron chi connectivity index (χ4n) is 1.82. The summed E-state index contributed by atoms with van der Waals surface area (Å²) in [6.45, 7) is 3.18. The molecule has 6 nitrogen and oxygen atoms in total. The zero-order chi connectivity index (χ0) is 13.4. The van der Waals surface area contributed by atoms with Crippen LogP contribution in [0, 0.1) is 17.0 Å². The highest BCUT2D eigenvalue weighted by atomic mass is 16.6. The van der Waals surface area contributed by atoms with Crippen molar-refractivity contribution in [3.05, 3.63) is 45.5 Å². The molecule has 2 amide bonds. The lowest BCUT2D eigenvalue weighted by Gasteiger charge is -2.16. The van der Waals surface area contributed by atoms with Gasteiger partial charge in [-0.15, -0.1) is 0 Å². The summed E-state index contributed by atoms with van der Waals surface area (Å²) >= 11 is 0. The molecular weight excluding hydrogens is 236 g/mol. The number of anilines is 1. The van der Waals surface area contributed by atoms with E-state index in [0.29, 0.717) is 16.8 Å². The summed E-state index contributed by atoms with van der Waals surface area (Å²) in [7, 11) is 0. The smallest absolute Gasteiger partial charge is 0.269 e. The van der Waals surface area contributed by atoms with E-state index in [4.69, 9.17) is 0 Å². The first kappa shape index (κ1) is 12.0. The number of amides is 2. The molecule has 6 heteroatoms. The summed E-state index contributed by atoms with van der Waals surface area (Å²) in [6.07, 6.45) is 1.25. The molecule has 1 aromatic rings. The van der Waals surface area contributed by atoms with Crippen LogP contribution in [0.3, 0.4) is 0 Å². The summed E-state index contributed by atoms with van der Waals surface area (Å²) in [4.78, 5) is 34.6. The number of carbonyl (C=O) groups excluding carboxylic acids is 2. The molecule has 0 spiro atoms. The normalized spacial score (nSPS) is 15.0. The van der Waals surface area contributed by atoms with Gasteiger partial charge in [0, 0.05) is 23.8 Å². The quantitative estimate of drug-likeness (QED) is 0.452. The topological polar surface area (TPSA) is 80.5 Å². The van der Waals surface area contributed by atoms with Gasteiger partial charge < -0.3 is 0 Å². The molecule has 0 radical (unpaired) electrons. The Morgan fingerprint density at radius 3 is 2.33 bits per heavy atom. The molecule has 1 aromatic carbocycles. The Morgan fingerprint density at radius 2 is 1.89 bits per heavy atom. The second kappa shape index (κ2) is 4.06. The molecule has 1 heterocycles. The van der Waals surface area contributed by atoms with Gasteiger partial charge in [0.25, 0.3) is 17.5 Å². The average molecular weight is 246 g/mol. The lowest BCUT2D eigenvalue weighted by atomic mass is 10.1. The van der Waals surface area contributed by atoms with Crippen LogP contribution in [0.1, 0.15) is 12.5 Å².